The van der Waals surface area contributed by atoms with Crippen LogP contribution < -0.4 is 0 Å². The van der Waals surface area contributed by atoms with Gasteiger partial charge in [0.2, 0.25) is 0 Å². The predicted octanol–water partition coefficient (Wildman–Crippen LogP) is 9.65. The van der Waals surface area contributed by atoms with E-state index in [1.54, 1.807) is 11.1 Å². The van der Waals surface area contributed by atoms with Crippen LogP contribution in [0.1, 0.15) is 126 Å². The number of ether oxygens (including phenoxy) is 2. The Morgan fingerprint density at radius 2 is 0.895 bits per heavy atom. The van der Waals surface area contributed by atoms with Crippen molar-refractivity contribution in [2.75, 3.05) is 13.2 Å². The van der Waals surface area contributed by atoms with Gasteiger partial charge in [0, 0.05) is 13.2 Å². The van der Waals surface area contributed by atoms with Crippen molar-refractivity contribution in [2.24, 2.45) is 11.8 Å². The van der Waals surface area contributed by atoms with Gasteiger partial charge in [0.05, 0.1) is 12.2 Å². The second-order valence-corrected chi connectivity index (χ2v) is 12.4. The monoisotopic (exact) mass is 518 g/mol. The fourth-order valence-corrected chi connectivity index (χ4v) is 6.73. The average molecular weight is 519 g/mol. The van der Waals surface area contributed by atoms with Gasteiger partial charge in [0.1, 0.15) is 0 Å². The van der Waals surface area contributed by atoms with Crippen molar-refractivity contribution in [2.45, 2.75) is 129 Å². The van der Waals surface area contributed by atoms with Gasteiger partial charge in [0.25, 0.3) is 0 Å². The molecular weight excluding hydrogens is 464 g/mol. The Hall–Kier alpha value is -1.64. The van der Waals surface area contributed by atoms with Crippen LogP contribution in [0.25, 0.3) is 0 Å². The van der Waals surface area contributed by atoms with E-state index in [9.17, 15) is 0 Å². The van der Waals surface area contributed by atoms with Crippen molar-refractivity contribution in [3.8, 4) is 0 Å². The molecule has 2 nitrogen and oxygen atoms in total. The van der Waals surface area contributed by atoms with E-state index in [0.717, 1.165) is 49.7 Å². The van der Waals surface area contributed by atoms with Crippen LogP contribution >= 0.6 is 0 Å². The third-order valence-electron chi connectivity index (χ3n) is 9.89. The topological polar surface area (TPSA) is 18.5 Å². The van der Waals surface area contributed by atoms with Gasteiger partial charge < -0.3 is 9.47 Å². The summed E-state index contributed by atoms with van der Waals surface area (Å²) in [6.45, 7) is 10.6. The molecule has 2 aliphatic rings. The minimum Gasteiger partial charge on any atom is -0.376 e. The van der Waals surface area contributed by atoms with Crippen LogP contribution in [-0.2, 0) is 22.3 Å². The highest BCUT2D eigenvalue weighted by Crippen LogP contribution is 2.38. The molecule has 0 radical (unpaired) electrons. The summed E-state index contributed by atoms with van der Waals surface area (Å²) in [5.41, 5.74) is 5.99. The molecule has 210 valence electrons. The van der Waals surface area contributed by atoms with E-state index < -0.39 is 0 Å². The van der Waals surface area contributed by atoms with Crippen molar-refractivity contribution >= 4 is 0 Å². The van der Waals surface area contributed by atoms with E-state index in [2.05, 4.69) is 76.2 Å². The Labute approximate surface area is 233 Å². The first kappa shape index (κ1) is 29.3. The summed E-state index contributed by atoms with van der Waals surface area (Å²) in [7, 11) is 0. The quantitative estimate of drug-likeness (QED) is 0.263. The first-order chi connectivity index (χ1) is 18.6. The van der Waals surface area contributed by atoms with Gasteiger partial charge in [-0.2, -0.15) is 0 Å². The maximum Gasteiger partial charge on any atom is 0.0805 e. The zero-order chi connectivity index (χ0) is 26.7. The molecule has 2 fully saturated rings. The minimum atomic E-state index is 0.172. The van der Waals surface area contributed by atoms with E-state index in [0.29, 0.717) is 0 Å². The molecule has 2 aliphatic carbocycles. The van der Waals surface area contributed by atoms with Crippen LogP contribution in [-0.4, -0.2) is 25.4 Å². The fourth-order valence-electron chi connectivity index (χ4n) is 6.73. The lowest BCUT2D eigenvalue weighted by atomic mass is 9.77. The number of hydrogen-bond acceptors (Lipinski definition) is 2. The Morgan fingerprint density at radius 3 is 1.21 bits per heavy atom. The van der Waals surface area contributed by atoms with E-state index in [-0.39, 0.29) is 12.2 Å². The van der Waals surface area contributed by atoms with E-state index in [1.165, 1.54) is 75.3 Å². The largest absolute Gasteiger partial charge is 0.376 e. The third-order valence-corrected chi connectivity index (χ3v) is 9.89. The zero-order valence-electron chi connectivity index (χ0n) is 24.8. The second-order valence-electron chi connectivity index (χ2n) is 12.4. The lowest BCUT2D eigenvalue weighted by molar-refractivity contribution is -0.0628. The number of hydrogen-bond donors (Lipinski definition) is 0. The molecule has 38 heavy (non-hydrogen) atoms. The molecule has 0 aliphatic heterocycles. The first-order valence-electron chi connectivity index (χ1n) is 16.0. The van der Waals surface area contributed by atoms with Gasteiger partial charge in [-0.05, 0) is 137 Å². The van der Waals surface area contributed by atoms with Gasteiger partial charge in [-0.1, -0.05) is 62.4 Å². The predicted molar refractivity (Wildman–Crippen MR) is 161 cm³/mol. The van der Waals surface area contributed by atoms with Gasteiger partial charge in [-0.15, -0.1) is 0 Å². The molecule has 0 N–H and O–H groups in total. The fraction of sp³-hybridized carbons (Fsp3) is 0.667. The highest BCUT2D eigenvalue weighted by Gasteiger charge is 2.24. The van der Waals surface area contributed by atoms with Gasteiger partial charge in [0.15, 0.2) is 0 Å². The first-order valence-corrected chi connectivity index (χ1v) is 16.0. The van der Waals surface area contributed by atoms with Crippen molar-refractivity contribution in [3.63, 3.8) is 0 Å². The summed E-state index contributed by atoms with van der Waals surface area (Å²) in [6.07, 6.45) is 15.7. The Bertz CT molecular complexity index is 824. The summed E-state index contributed by atoms with van der Waals surface area (Å²) in [6, 6.07) is 18.7. The van der Waals surface area contributed by atoms with Gasteiger partial charge in [-0.3, -0.25) is 0 Å². The van der Waals surface area contributed by atoms with Crippen LogP contribution in [0.5, 0.6) is 0 Å². The highest BCUT2D eigenvalue weighted by molar-refractivity contribution is 5.26. The lowest BCUT2D eigenvalue weighted by Crippen LogP contribution is -2.28. The normalized spacial score (nSPS) is 25.7. The van der Waals surface area contributed by atoms with Crippen LogP contribution in [0.3, 0.4) is 0 Å². The van der Waals surface area contributed by atoms with Gasteiger partial charge in [-0.25, -0.2) is 0 Å². The molecule has 4 rings (SSSR count). The van der Waals surface area contributed by atoms with Crippen molar-refractivity contribution in [3.05, 3.63) is 70.8 Å². The maximum absolute atomic E-state index is 6.24. The summed E-state index contributed by atoms with van der Waals surface area (Å²) in [5.74, 6) is 3.16. The molecular formula is C36H54O2. The smallest absolute Gasteiger partial charge is 0.0805 e. The Kier molecular flexibility index (Phi) is 11.8. The number of rotatable bonds is 13. The van der Waals surface area contributed by atoms with E-state index >= 15 is 0 Å². The van der Waals surface area contributed by atoms with E-state index in [4.69, 9.17) is 9.47 Å². The van der Waals surface area contributed by atoms with Gasteiger partial charge >= 0.3 is 0 Å². The van der Waals surface area contributed by atoms with Crippen LogP contribution in [0.2, 0.25) is 0 Å². The zero-order valence-corrected chi connectivity index (χ0v) is 24.8. The molecule has 2 aromatic rings. The maximum atomic E-state index is 6.24. The summed E-state index contributed by atoms with van der Waals surface area (Å²) < 4.78 is 12.5. The van der Waals surface area contributed by atoms with Crippen molar-refractivity contribution in [1.82, 2.24) is 0 Å². The van der Waals surface area contributed by atoms with Crippen LogP contribution in [0.15, 0.2) is 48.5 Å². The molecule has 2 unspecified atom stereocenters. The summed E-state index contributed by atoms with van der Waals surface area (Å²) in [5, 5.41) is 0. The molecule has 0 bridgehead atoms. The van der Waals surface area contributed by atoms with Crippen molar-refractivity contribution in [1.29, 1.82) is 0 Å². The van der Waals surface area contributed by atoms with E-state index in [1.807, 2.05) is 0 Å². The SMILES string of the molecule is CCc1ccc(C2CCC(CCOC(C)C(C)OCC[C@H]3CC[C@H](c4ccc(CC)cc4)CC3)CC2)cc1. The highest BCUT2D eigenvalue weighted by atomic mass is 16.5. The molecule has 2 heteroatoms. The Balaban J connectivity index is 1.05. The molecule has 2 aromatic carbocycles. The molecule has 0 amide bonds. The summed E-state index contributed by atoms with van der Waals surface area (Å²) in [4.78, 5) is 0. The minimum absolute atomic E-state index is 0.172. The average Bonchev–Trinajstić information content (AvgIpc) is 2.98. The molecule has 2 saturated carbocycles. The number of benzene rings is 2. The molecule has 0 saturated heterocycles. The summed E-state index contributed by atoms with van der Waals surface area (Å²) >= 11 is 0. The standard InChI is InChI=1S/C36H54O2/c1-5-29-7-15-33(16-8-29)35-19-11-31(12-20-35)23-25-37-27(3)28(4)38-26-24-32-13-21-36(22-14-32)34-17-9-30(6-2)10-18-34/h7-10,15-18,27-28,31-32,35-36H,5-6,11-14,19-26H2,1-4H3/t27?,28?,31-,32?,35-,36?. The van der Waals surface area contributed by atoms with Crippen LogP contribution in [0, 0.1) is 11.8 Å². The second kappa shape index (κ2) is 15.2. The lowest BCUT2D eigenvalue weighted by Gasteiger charge is -2.30. The van der Waals surface area contributed by atoms with Crippen molar-refractivity contribution < 1.29 is 9.47 Å². The molecule has 0 spiro atoms. The van der Waals surface area contributed by atoms with Crippen LogP contribution in [0.4, 0.5) is 0 Å². The Morgan fingerprint density at radius 1 is 0.553 bits per heavy atom. The number of aryl methyl sites for hydroxylation is 2. The molecule has 2 atom stereocenters. The molecule has 0 heterocycles. The third kappa shape index (κ3) is 8.68. The molecule has 0 aromatic heterocycles.